The van der Waals surface area contributed by atoms with E-state index in [2.05, 4.69) is 27.1 Å². The summed E-state index contributed by atoms with van der Waals surface area (Å²) < 4.78 is 7.70. The molecule has 140 valence electrons. The summed E-state index contributed by atoms with van der Waals surface area (Å²) in [6, 6.07) is 14.1. The Labute approximate surface area is 159 Å². The van der Waals surface area contributed by atoms with Crippen LogP contribution in [-0.4, -0.2) is 29.6 Å². The van der Waals surface area contributed by atoms with Crippen LogP contribution in [0.15, 0.2) is 54.9 Å². The van der Waals surface area contributed by atoms with E-state index < -0.39 is 0 Å². The van der Waals surface area contributed by atoms with Gasteiger partial charge in [-0.2, -0.15) is 0 Å². The fourth-order valence-electron chi connectivity index (χ4n) is 3.27. The molecule has 0 atom stereocenters. The Morgan fingerprint density at radius 3 is 2.56 bits per heavy atom. The molecular weight excluding hydrogens is 340 g/mol. The number of nitrogens with zero attached hydrogens (tertiary/aromatic N) is 2. The summed E-state index contributed by atoms with van der Waals surface area (Å²) in [4.78, 5) is 14.8. The van der Waals surface area contributed by atoms with Crippen molar-refractivity contribution in [3.05, 3.63) is 66.2 Å². The Hall–Kier alpha value is -3.12. The number of carbonyl (C=O) groups is 1. The molecule has 0 saturated heterocycles. The summed E-state index contributed by atoms with van der Waals surface area (Å²) in [5, 5.41) is 6.30. The van der Waals surface area contributed by atoms with Gasteiger partial charge in [-0.3, -0.25) is 9.78 Å². The first-order chi connectivity index (χ1) is 13.3. The van der Waals surface area contributed by atoms with E-state index in [0.717, 1.165) is 40.3 Å². The first-order valence-electron chi connectivity index (χ1n) is 8.86. The predicted molar refractivity (Wildman–Crippen MR) is 107 cm³/mol. The first kappa shape index (κ1) is 18.7. The Bertz CT molecular complexity index is 876. The number of methoxy groups -OCH3 is 1. The van der Waals surface area contributed by atoms with Crippen molar-refractivity contribution < 1.29 is 9.53 Å². The van der Waals surface area contributed by atoms with Crippen molar-refractivity contribution in [1.29, 1.82) is 0 Å². The summed E-state index contributed by atoms with van der Waals surface area (Å²) in [5.74, 6) is 0. The van der Waals surface area contributed by atoms with Crippen molar-refractivity contribution in [1.82, 2.24) is 14.9 Å². The smallest absolute Gasteiger partial charge is 0.207 e. The van der Waals surface area contributed by atoms with Gasteiger partial charge in [-0.25, -0.2) is 0 Å². The molecule has 3 rings (SSSR count). The van der Waals surface area contributed by atoms with E-state index >= 15 is 0 Å². The molecule has 0 spiro atoms. The minimum absolute atomic E-state index is 0.468. The summed E-state index contributed by atoms with van der Waals surface area (Å²) in [5.41, 5.74) is 6.36. The molecule has 2 heterocycles. The van der Waals surface area contributed by atoms with Gasteiger partial charge in [0.25, 0.3) is 0 Å². The highest BCUT2D eigenvalue weighted by molar-refractivity contribution is 5.85. The molecule has 3 aromatic rings. The van der Waals surface area contributed by atoms with Crippen LogP contribution in [0.4, 0.5) is 11.4 Å². The fourth-order valence-corrected chi connectivity index (χ4v) is 3.27. The third-order valence-corrected chi connectivity index (χ3v) is 4.49. The quantitative estimate of drug-likeness (QED) is 0.450. The number of hydrogen-bond donors (Lipinski definition) is 2. The van der Waals surface area contributed by atoms with Gasteiger partial charge in [0, 0.05) is 49.5 Å². The molecule has 0 aliphatic heterocycles. The molecule has 0 bridgehead atoms. The maximum absolute atomic E-state index is 10.7. The highest BCUT2D eigenvalue weighted by atomic mass is 16.5. The Balaban J connectivity index is 2.13. The number of nitrogens with one attached hydrogen (secondary N) is 2. The van der Waals surface area contributed by atoms with E-state index in [4.69, 9.17) is 4.74 Å². The fraction of sp³-hybridized carbons (Fsp3) is 0.238. The average molecular weight is 364 g/mol. The molecule has 2 N–H and O–H groups in total. The lowest BCUT2D eigenvalue weighted by molar-refractivity contribution is -0.109. The first-order valence-corrected chi connectivity index (χ1v) is 8.86. The lowest BCUT2D eigenvalue weighted by Gasteiger charge is -2.12. The number of rotatable bonds is 9. The van der Waals surface area contributed by atoms with Crippen molar-refractivity contribution in [2.75, 3.05) is 19.0 Å². The van der Waals surface area contributed by atoms with Crippen LogP contribution >= 0.6 is 0 Å². The summed E-state index contributed by atoms with van der Waals surface area (Å²) in [6.07, 6.45) is 4.30. The van der Waals surface area contributed by atoms with Gasteiger partial charge in [-0.1, -0.05) is 18.2 Å². The molecule has 0 saturated carbocycles. The number of carbonyl (C=O) groups excluding carboxylic acids is 1. The molecule has 1 amide bonds. The Morgan fingerprint density at radius 2 is 1.89 bits per heavy atom. The molecule has 0 fully saturated rings. The summed E-state index contributed by atoms with van der Waals surface area (Å²) in [7, 11) is 1.69. The van der Waals surface area contributed by atoms with Crippen LogP contribution in [0, 0.1) is 6.92 Å². The maximum atomic E-state index is 10.7. The van der Waals surface area contributed by atoms with Gasteiger partial charge >= 0.3 is 0 Å². The van der Waals surface area contributed by atoms with Crippen molar-refractivity contribution in [3.8, 4) is 11.1 Å². The van der Waals surface area contributed by atoms with E-state index in [-0.39, 0.29) is 0 Å². The number of anilines is 2. The second kappa shape index (κ2) is 9.00. The van der Waals surface area contributed by atoms with Gasteiger partial charge in [0.1, 0.15) is 0 Å². The van der Waals surface area contributed by atoms with E-state index in [0.29, 0.717) is 19.7 Å². The van der Waals surface area contributed by atoms with E-state index in [1.807, 2.05) is 42.5 Å². The molecule has 27 heavy (non-hydrogen) atoms. The van der Waals surface area contributed by atoms with Crippen LogP contribution in [0.5, 0.6) is 0 Å². The molecule has 0 radical (unpaired) electrons. The number of amides is 1. The van der Waals surface area contributed by atoms with Crippen LogP contribution in [0.3, 0.4) is 0 Å². The molecule has 6 nitrogen and oxygen atoms in total. The summed E-state index contributed by atoms with van der Waals surface area (Å²) in [6.45, 7) is 3.76. The second-order valence-electron chi connectivity index (χ2n) is 6.17. The van der Waals surface area contributed by atoms with Crippen LogP contribution in [0.25, 0.3) is 11.1 Å². The van der Waals surface area contributed by atoms with Crippen LogP contribution in [0.1, 0.15) is 11.4 Å². The molecule has 0 aliphatic carbocycles. The standard InChI is InChI=1S/C21H24N4O2/c1-16-21(24-18-6-4-3-5-7-18)20(17-8-10-22-11-9-17)19(14-27-2)25(16)13-12-23-15-26/h3-11,15,24H,12-14H2,1-2H3,(H,23,26). The zero-order valence-electron chi connectivity index (χ0n) is 15.6. The van der Waals surface area contributed by atoms with Gasteiger partial charge in [-0.15, -0.1) is 0 Å². The predicted octanol–water partition coefficient (Wildman–Crippen LogP) is 3.49. The van der Waals surface area contributed by atoms with Crippen molar-refractivity contribution in [2.45, 2.75) is 20.1 Å². The molecule has 0 aliphatic rings. The number of benzene rings is 1. The monoisotopic (exact) mass is 364 g/mol. The van der Waals surface area contributed by atoms with Gasteiger partial charge in [0.15, 0.2) is 0 Å². The summed E-state index contributed by atoms with van der Waals surface area (Å²) >= 11 is 0. The molecule has 6 heteroatoms. The zero-order valence-corrected chi connectivity index (χ0v) is 15.6. The topological polar surface area (TPSA) is 68.2 Å². The largest absolute Gasteiger partial charge is 0.378 e. The number of aromatic nitrogens is 2. The van der Waals surface area contributed by atoms with E-state index in [1.54, 1.807) is 19.5 Å². The molecular formula is C21H24N4O2. The van der Waals surface area contributed by atoms with E-state index in [9.17, 15) is 4.79 Å². The van der Waals surface area contributed by atoms with E-state index in [1.165, 1.54) is 0 Å². The Morgan fingerprint density at radius 1 is 1.15 bits per heavy atom. The highest BCUT2D eigenvalue weighted by Crippen LogP contribution is 2.38. The van der Waals surface area contributed by atoms with Crippen LogP contribution < -0.4 is 10.6 Å². The van der Waals surface area contributed by atoms with Gasteiger partial charge in [-0.05, 0) is 36.8 Å². The Kier molecular flexibility index (Phi) is 6.22. The maximum Gasteiger partial charge on any atom is 0.207 e. The minimum atomic E-state index is 0.468. The lowest BCUT2D eigenvalue weighted by Crippen LogP contribution is -2.20. The molecule has 0 unspecified atom stereocenters. The average Bonchev–Trinajstić information content (AvgIpc) is 2.95. The van der Waals surface area contributed by atoms with Crippen molar-refractivity contribution in [2.24, 2.45) is 0 Å². The van der Waals surface area contributed by atoms with Crippen LogP contribution in [-0.2, 0) is 22.7 Å². The van der Waals surface area contributed by atoms with Crippen molar-refractivity contribution in [3.63, 3.8) is 0 Å². The number of para-hydroxylation sites is 1. The lowest BCUT2D eigenvalue weighted by atomic mass is 10.0. The minimum Gasteiger partial charge on any atom is -0.378 e. The zero-order chi connectivity index (χ0) is 19.1. The molecule has 1 aromatic carbocycles. The van der Waals surface area contributed by atoms with Crippen LogP contribution in [0.2, 0.25) is 0 Å². The normalized spacial score (nSPS) is 10.6. The molecule has 2 aromatic heterocycles. The van der Waals surface area contributed by atoms with Gasteiger partial charge < -0.3 is 19.9 Å². The second-order valence-corrected chi connectivity index (χ2v) is 6.17. The number of hydrogen-bond acceptors (Lipinski definition) is 4. The highest BCUT2D eigenvalue weighted by Gasteiger charge is 2.21. The third-order valence-electron chi connectivity index (χ3n) is 4.49. The van der Waals surface area contributed by atoms with Gasteiger partial charge in [0.2, 0.25) is 6.41 Å². The van der Waals surface area contributed by atoms with Crippen molar-refractivity contribution >= 4 is 17.8 Å². The van der Waals surface area contributed by atoms with Gasteiger partial charge in [0.05, 0.1) is 18.0 Å². The number of pyridine rings is 1. The SMILES string of the molecule is COCc1c(-c2ccncc2)c(Nc2ccccc2)c(C)n1CCNC=O. The third kappa shape index (κ3) is 4.17. The number of ether oxygens (including phenoxy) is 1.